The minimum atomic E-state index is -0.501. The Kier molecular flexibility index (Phi) is 3.09. The second kappa shape index (κ2) is 3.95. The van der Waals surface area contributed by atoms with E-state index in [0.717, 1.165) is 5.01 Å². The molecule has 0 bridgehead atoms. The van der Waals surface area contributed by atoms with Crippen LogP contribution in [0, 0.1) is 10.1 Å². The number of aryl methyl sites for hydroxylation is 1. The zero-order valence-corrected chi connectivity index (χ0v) is 8.96. The quantitative estimate of drug-likeness (QED) is 0.260. The van der Waals surface area contributed by atoms with Gasteiger partial charge in [-0.2, -0.15) is 0 Å². The highest BCUT2D eigenvalue weighted by molar-refractivity contribution is 8.11. The summed E-state index contributed by atoms with van der Waals surface area (Å²) in [6, 6.07) is 1.32. The molecule has 0 saturated carbocycles. The van der Waals surface area contributed by atoms with Crippen molar-refractivity contribution in [2.45, 2.75) is 0 Å². The Hall–Kier alpha value is -1.12. The van der Waals surface area contributed by atoms with E-state index in [0.29, 0.717) is 5.82 Å². The molecule has 0 aromatic carbocycles. The Morgan fingerprint density at radius 2 is 2.43 bits per heavy atom. The molecular weight excluding hydrogens is 224 g/mol. The molecule has 1 aromatic rings. The summed E-state index contributed by atoms with van der Waals surface area (Å²) < 4.78 is 1.64. The molecule has 2 N–H and O–H groups in total. The Morgan fingerprint density at radius 3 is 2.79 bits per heavy atom. The van der Waals surface area contributed by atoms with Crippen molar-refractivity contribution in [3.05, 3.63) is 22.4 Å². The molecule has 0 aliphatic carbocycles. The van der Waals surface area contributed by atoms with E-state index >= 15 is 0 Å². The van der Waals surface area contributed by atoms with Crippen LogP contribution in [0.25, 0.3) is 0 Å². The number of aromatic nitrogens is 1. The molecule has 0 saturated heterocycles. The molecule has 6 nitrogen and oxygen atoms in total. The fraction of sp³-hybridized carbons (Fsp3) is 0.167. The van der Waals surface area contributed by atoms with Crippen molar-refractivity contribution in [3.8, 4) is 0 Å². The van der Waals surface area contributed by atoms with E-state index in [-0.39, 0.29) is 10.0 Å². The molecule has 0 aliphatic rings. The van der Waals surface area contributed by atoms with Crippen LogP contribution in [-0.2, 0) is 7.05 Å². The fourth-order valence-corrected chi connectivity index (χ4v) is 1.17. The third-order valence-corrected chi connectivity index (χ3v) is 2.04. The highest BCUT2D eigenvalue weighted by Gasteiger charge is 2.16. The van der Waals surface area contributed by atoms with Gasteiger partial charge in [0.2, 0.25) is 0 Å². The van der Waals surface area contributed by atoms with E-state index in [1.54, 1.807) is 7.05 Å². The predicted octanol–water partition coefficient (Wildman–Crippen LogP) is 0.828. The largest absolute Gasteiger partial charge is 0.330 e. The van der Waals surface area contributed by atoms with Crippen LogP contribution in [0.15, 0.2) is 12.3 Å². The third kappa shape index (κ3) is 2.03. The van der Waals surface area contributed by atoms with Gasteiger partial charge in [-0.1, -0.05) is 12.2 Å². The van der Waals surface area contributed by atoms with E-state index < -0.39 is 4.92 Å². The highest BCUT2D eigenvalue weighted by Crippen LogP contribution is 2.21. The lowest BCUT2D eigenvalue weighted by Crippen LogP contribution is -2.34. The summed E-state index contributed by atoms with van der Waals surface area (Å²) in [6.45, 7) is 0. The molecule has 0 aliphatic heterocycles. The number of rotatable bonds is 2. The van der Waals surface area contributed by atoms with Crippen LogP contribution in [0.4, 0.5) is 11.5 Å². The van der Waals surface area contributed by atoms with Gasteiger partial charge in [-0.3, -0.25) is 10.1 Å². The molecule has 14 heavy (non-hydrogen) atoms. The van der Waals surface area contributed by atoms with E-state index in [4.69, 9.17) is 18.1 Å². The average Bonchev–Trinajstić information content (AvgIpc) is 2.46. The van der Waals surface area contributed by atoms with Gasteiger partial charge in [-0.05, 0) is 0 Å². The molecule has 0 fully saturated rings. The lowest BCUT2D eigenvalue weighted by molar-refractivity contribution is -0.384. The lowest BCUT2D eigenvalue weighted by Gasteiger charge is -2.15. The van der Waals surface area contributed by atoms with Crippen molar-refractivity contribution in [2.24, 2.45) is 12.9 Å². The smallest absolute Gasteiger partial charge is 0.289 e. The van der Waals surface area contributed by atoms with Gasteiger partial charge < -0.3 is 4.57 Å². The van der Waals surface area contributed by atoms with Gasteiger partial charge in [0.1, 0.15) is 5.82 Å². The number of nitrogens with zero attached hydrogens (tertiary/aromatic N) is 3. The first-order chi connectivity index (χ1) is 6.43. The van der Waals surface area contributed by atoms with E-state index in [1.807, 2.05) is 0 Å². The molecule has 8 heteroatoms. The number of thiol groups is 1. The maximum Gasteiger partial charge on any atom is 0.289 e. The first kappa shape index (κ1) is 11.0. The van der Waals surface area contributed by atoms with Crippen molar-refractivity contribution >= 4 is 40.7 Å². The van der Waals surface area contributed by atoms with Gasteiger partial charge in [-0.15, -0.1) is 12.6 Å². The van der Waals surface area contributed by atoms with E-state index in [2.05, 4.69) is 12.6 Å². The summed E-state index contributed by atoms with van der Waals surface area (Å²) in [4.78, 5) is 9.94. The summed E-state index contributed by atoms with van der Waals surface area (Å²) in [6.07, 6.45) is 1.35. The summed E-state index contributed by atoms with van der Waals surface area (Å²) in [5, 5.41) is 11.5. The minimum Gasteiger partial charge on any atom is -0.330 e. The zero-order chi connectivity index (χ0) is 10.9. The lowest BCUT2D eigenvalue weighted by atomic mass is 10.5. The number of nitro groups is 1. The molecule has 0 atom stereocenters. The maximum absolute atomic E-state index is 10.4. The first-order valence-electron chi connectivity index (χ1n) is 3.52. The molecule has 0 spiro atoms. The second-order valence-corrected chi connectivity index (χ2v) is 3.69. The van der Waals surface area contributed by atoms with Crippen LogP contribution in [0.1, 0.15) is 0 Å². The summed E-state index contributed by atoms with van der Waals surface area (Å²) in [5.74, 6) is 5.94. The molecule has 0 amide bonds. The molecule has 1 heterocycles. The third-order valence-electron chi connectivity index (χ3n) is 1.63. The Balaban J connectivity index is 3.10. The van der Waals surface area contributed by atoms with E-state index in [1.165, 1.54) is 16.8 Å². The SMILES string of the molecule is Cn1cc([N+](=O)[O-])cc1N(N)C(=S)S. The second-order valence-electron chi connectivity index (χ2n) is 2.58. The Labute approximate surface area is 90.8 Å². The van der Waals surface area contributed by atoms with Crippen LogP contribution in [0.2, 0.25) is 0 Å². The Bertz CT molecular complexity index is 389. The summed E-state index contributed by atoms with van der Waals surface area (Å²) >= 11 is 8.58. The maximum atomic E-state index is 10.4. The van der Waals surface area contributed by atoms with Gasteiger partial charge in [0.05, 0.1) is 17.2 Å². The van der Waals surface area contributed by atoms with Crippen molar-refractivity contribution in [3.63, 3.8) is 0 Å². The molecule has 1 aromatic heterocycles. The van der Waals surface area contributed by atoms with Crippen LogP contribution in [-0.4, -0.2) is 13.8 Å². The molecule has 76 valence electrons. The van der Waals surface area contributed by atoms with Crippen molar-refractivity contribution in [1.29, 1.82) is 0 Å². The van der Waals surface area contributed by atoms with E-state index in [9.17, 15) is 10.1 Å². The number of hydrazine groups is 1. The monoisotopic (exact) mass is 232 g/mol. The standard InChI is InChI=1S/C6H8N4O2S2/c1-8-3-4(10(11)12)2-5(8)9(7)6(13)14/h2-3H,7H2,1H3,(H,13,14). The van der Waals surface area contributed by atoms with Crippen molar-refractivity contribution < 1.29 is 4.92 Å². The molecular formula is C6H8N4O2S2. The zero-order valence-electron chi connectivity index (χ0n) is 7.25. The number of hydrogen-bond donors (Lipinski definition) is 2. The van der Waals surface area contributed by atoms with Gasteiger partial charge >= 0.3 is 0 Å². The number of thiocarbonyl (C=S) groups is 1. The van der Waals surface area contributed by atoms with Gasteiger partial charge in [0.25, 0.3) is 5.69 Å². The highest BCUT2D eigenvalue weighted by atomic mass is 32.1. The van der Waals surface area contributed by atoms with Crippen LogP contribution < -0.4 is 10.9 Å². The van der Waals surface area contributed by atoms with Crippen molar-refractivity contribution in [2.75, 3.05) is 5.01 Å². The average molecular weight is 232 g/mol. The minimum absolute atomic E-state index is 0.0393. The van der Waals surface area contributed by atoms with Crippen molar-refractivity contribution in [1.82, 2.24) is 4.57 Å². The topological polar surface area (TPSA) is 77.3 Å². The van der Waals surface area contributed by atoms with Gasteiger partial charge in [0.15, 0.2) is 4.32 Å². The number of hydrogen-bond acceptors (Lipinski definition) is 4. The summed E-state index contributed by atoms with van der Waals surface area (Å²) in [5.41, 5.74) is -0.0393. The normalized spacial score (nSPS) is 9.93. The molecule has 0 radical (unpaired) electrons. The van der Waals surface area contributed by atoms with Gasteiger partial charge in [0, 0.05) is 7.05 Å². The first-order valence-corrected chi connectivity index (χ1v) is 4.37. The van der Waals surface area contributed by atoms with Crippen LogP contribution in [0.3, 0.4) is 0 Å². The van der Waals surface area contributed by atoms with Gasteiger partial charge in [-0.25, -0.2) is 10.9 Å². The number of anilines is 1. The number of nitrogens with two attached hydrogens (primary N) is 1. The predicted molar refractivity (Wildman–Crippen MR) is 60.3 cm³/mol. The Morgan fingerprint density at radius 1 is 1.86 bits per heavy atom. The molecule has 1 rings (SSSR count). The van der Waals surface area contributed by atoms with Crippen LogP contribution in [0.5, 0.6) is 0 Å². The van der Waals surface area contributed by atoms with Crippen LogP contribution >= 0.6 is 24.8 Å². The summed E-state index contributed by atoms with van der Waals surface area (Å²) in [7, 11) is 1.63. The molecule has 0 unspecified atom stereocenters. The fourth-order valence-electron chi connectivity index (χ4n) is 0.973.